The first-order valence-corrected chi connectivity index (χ1v) is 6.18. The van der Waals surface area contributed by atoms with Crippen molar-refractivity contribution in [3.63, 3.8) is 0 Å². The number of hydrogen-bond acceptors (Lipinski definition) is 2. The summed E-state index contributed by atoms with van der Waals surface area (Å²) in [6, 6.07) is 8.09. The smallest absolute Gasteiger partial charge is 0.0466 e. The standard InChI is InChI=1S/C13H20ClNO/c1-2-16-9-3-4-13(15)10-11-5-7-12(14)8-6-11/h5-8,13H,2-4,9-10,15H2,1H3. The lowest BCUT2D eigenvalue weighted by Gasteiger charge is -2.11. The van der Waals surface area contributed by atoms with Crippen LogP contribution in [0.15, 0.2) is 24.3 Å². The molecule has 0 aliphatic rings. The van der Waals surface area contributed by atoms with E-state index in [1.165, 1.54) is 5.56 Å². The van der Waals surface area contributed by atoms with Gasteiger partial charge in [-0.3, -0.25) is 0 Å². The van der Waals surface area contributed by atoms with Gasteiger partial charge in [0.05, 0.1) is 0 Å². The molecule has 0 saturated carbocycles. The van der Waals surface area contributed by atoms with E-state index in [1.807, 2.05) is 31.2 Å². The highest BCUT2D eigenvalue weighted by Crippen LogP contribution is 2.11. The summed E-state index contributed by atoms with van der Waals surface area (Å²) in [5.41, 5.74) is 7.28. The minimum atomic E-state index is 0.210. The molecule has 3 heteroatoms. The van der Waals surface area contributed by atoms with Crippen LogP contribution in [0.25, 0.3) is 0 Å². The molecule has 1 aromatic carbocycles. The molecule has 0 aliphatic heterocycles. The zero-order valence-corrected chi connectivity index (χ0v) is 10.5. The quantitative estimate of drug-likeness (QED) is 0.745. The maximum Gasteiger partial charge on any atom is 0.0466 e. The molecule has 0 saturated heterocycles. The second kappa shape index (κ2) is 7.66. The monoisotopic (exact) mass is 241 g/mol. The highest BCUT2D eigenvalue weighted by molar-refractivity contribution is 6.30. The van der Waals surface area contributed by atoms with E-state index >= 15 is 0 Å². The number of ether oxygens (including phenoxy) is 1. The fourth-order valence-electron chi connectivity index (χ4n) is 1.62. The molecule has 1 rings (SSSR count). The van der Waals surface area contributed by atoms with Crippen LogP contribution < -0.4 is 5.73 Å². The van der Waals surface area contributed by atoms with Crippen molar-refractivity contribution in [3.8, 4) is 0 Å². The summed E-state index contributed by atoms with van der Waals surface area (Å²) < 4.78 is 5.28. The van der Waals surface area contributed by atoms with Gasteiger partial charge in [0.2, 0.25) is 0 Å². The van der Waals surface area contributed by atoms with E-state index < -0.39 is 0 Å². The topological polar surface area (TPSA) is 35.2 Å². The first-order chi connectivity index (χ1) is 7.72. The van der Waals surface area contributed by atoms with Crippen LogP contribution in [-0.2, 0) is 11.2 Å². The van der Waals surface area contributed by atoms with Crippen molar-refractivity contribution in [1.29, 1.82) is 0 Å². The Labute approximate surface area is 103 Å². The lowest BCUT2D eigenvalue weighted by molar-refractivity contribution is 0.142. The maximum atomic E-state index is 6.04. The van der Waals surface area contributed by atoms with Crippen LogP contribution in [0.1, 0.15) is 25.3 Å². The average Bonchev–Trinajstić information content (AvgIpc) is 2.28. The Balaban J connectivity index is 2.23. The maximum absolute atomic E-state index is 6.04. The van der Waals surface area contributed by atoms with Crippen LogP contribution in [0, 0.1) is 0 Å². The average molecular weight is 242 g/mol. The molecule has 90 valence electrons. The molecular weight excluding hydrogens is 222 g/mol. The van der Waals surface area contributed by atoms with E-state index in [0.717, 1.165) is 37.5 Å². The van der Waals surface area contributed by atoms with Crippen LogP contribution in [0.4, 0.5) is 0 Å². The highest BCUT2D eigenvalue weighted by Gasteiger charge is 2.03. The predicted molar refractivity (Wildman–Crippen MR) is 68.9 cm³/mol. The summed E-state index contributed by atoms with van der Waals surface area (Å²) in [6.07, 6.45) is 2.94. The number of hydrogen-bond donors (Lipinski definition) is 1. The molecule has 0 aliphatic carbocycles. The van der Waals surface area contributed by atoms with Crippen molar-refractivity contribution in [2.45, 2.75) is 32.2 Å². The molecule has 0 fully saturated rings. The van der Waals surface area contributed by atoms with Gasteiger partial charge in [0, 0.05) is 24.3 Å². The van der Waals surface area contributed by atoms with Crippen molar-refractivity contribution in [2.75, 3.05) is 13.2 Å². The highest BCUT2D eigenvalue weighted by atomic mass is 35.5. The molecule has 1 unspecified atom stereocenters. The molecule has 0 bridgehead atoms. The van der Waals surface area contributed by atoms with Crippen LogP contribution in [-0.4, -0.2) is 19.3 Å². The summed E-state index contributed by atoms with van der Waals surface area (Å²) in [4.78, 5) is 0. The van der Waals surface area contributed by atoms with Gasteiger partial charge in [0.25, 0.3) is 0 Å². The third kappa shape index (κ3) is 5.50. The molecule has 1 aromatic rings. The lowest BCUT2D eigenvalue weighted by atomic mass is 10.0. The molecule has 2 N–H and O–H groups in total. The normalized spacial score (nSPS) is 12.7. The van der Waals surface area contributed by atoms with Crippen molar-refractivity contribution in [3.05, 3.63) is 34.9 Å². The summed E-state index contributed by atoms with van der Waals surface area (Å²) >= 11 is 5.82. The number of halogens is 1. The third-order valence-electron chi connectivity index (χ3n) is 2.48. The lowest BCUT2D eigenvalue weighted by Crippen LogP contribution is -2.23. The second-order valence-corrected chi connectivity index (χ2v) is 4.37. The van der Waals surface area contributed by atoms with Crippen LogP contribution in [0.3, 0.4) is 0 Å². The minimum Gasteiger partial charge on any atom is -0.382 e. The SMILES string of the molecule is CCOCCCC(N)Cc1ccc(Cl)cc1. The van der Waals surface area contributed by atoms with E-state index in [9.17, 15) is 0 Å². The molecule has 0 heterocycles. The number of nitrogens with two attached hydrogens (primary N) is 1. The molecule has 2 nitrogen and oxygen atoms in total. The van der Waals surface area contributed by atoms with Gasteiger partial charge in [-0.2, -0.15) is 0 Å². The van der Waals surface area contributed by atoms with Gasteiger partial charge in [-0.1, -0.05) is 23.7 Å². The van der Waals surface area contributed by atoms with Crippen molar-refractivity contribution >= 4 is 11.6 Å². The molecule has 0 spiro atoms. The fraction of sp³-hybridized carbons (Fsp3) is 0.538. The first-order valence-electron chi connectivity index (χ1n) is 5.80. The molecule has 16 heavy (non-hydrogen) atoms. The fourth-order valence-corrected chi connectivity index (χ4v) is 1.74. The van der Waals surface area contributed by atoms with E-state index in [-0.39, 0.29) is 6.04 Å². The zero-order chi connectivity index (χ0) is 11.8. The van der Waals surface area contributed by atoms with E-state index in [4.69, 9.17) is 22.1 Å². The van der Waals surface area contributed by atoms with Crippen molar-refractivity contribution in [2.24, 2.45) is 5.73 Å². The Hall–Kier alpha value is -0.570. The van der Waals surface area contributed by atoms with E-state index in [2.05, 4.69) is 0 Å². The molecular formula is C13H20ClNO. The van der Waals surface area contributed by atoms with Gasteiger partial charge in [-0.15, -0.1) is 0 Å². The molecule has 0 amide bonds. The second-order valence-electron chi connectivity index (χ2n) is 3.93. The van der Waals surface area contributed by atoms with Crippen molar-refractivity contribution in [1.82, 2.24) is 0 Å². The molecule has 0 radical (unpaired) electrons. The summed E-state index contributed by atoms with van der Waals surface area (Å²) in [5, 5.41) is 0.772. The Morgan fingerprint density at radius 2 is 2.00 bits per heavy atom. The number of rotatable bonds is 7. The van der Waals surface area contributed by atoms with Gasteiger partial charge < -0.3 is 10.5 Å². The van der Waals surface area contributed by atoms with E-state index in [1.54, 1.807) is 0 Å². The van der Waals surface area contributed by atoms with Gasteiger partial charge in [0.1, 0.15) is 0 Å². The van der Waals surface area contributed by atoms with Gasteiger partial charge >= 0.3 is 0 Å². The summed E-state index contributed by atoms with van der Waals surface area (Å²) in [5.74, 6) is 0. The number of benzene rings is 1. The van der Waals surface area contributed by atoms with Crippen LogP contribution >= 0.6 is 11.6 Å². The summed E-state index contributed by atoms with van der Waals surface area (Å²) in [6.45, 7) is 3.60. The first kappa shape index (κ1) is 13.5. The van der Waals surface area contributed by atoms with E-state index in [0.29, 0.717) is 0 Å². The summed E-state index contributed by atoms with van der Waals surface area (Å²) in [7, 11) is 0. The zero-order valence-electron chi connectivity index (χ0n) is 9.79. The third-order valence-corrected chi connectivity index (χ3v) is 2.73. The minimum absolute atomic E-state index is 0.210. The Morgan fingerprint density at radius 1 is 1.31 bits per heavy atom. The Morgan fingerprint density at radius 3 is 2.62 bits per heavy atom. The van der Waals surface area contributed by atoms with Gasteiger partial charge in [-0.25, -0.2) is 0 Å². The van der Waals surface area contributed by atoms with Crippen molar-refractivity contribution < 1.29 is 4.74 Å². The molecule has 1 atom stereocenters. The van der Waals surface area contributed by atoms with Gasteiger partial charge in [0.15, 0.2) is 0 Å². The molecule has 0 aromatic heterocycles. The Bertz CT molecular complexity index is 286. The Kier molecular flexibility index (Phi) is 6.46. The van der Waals surface area contributed by atoms with Crippen LogP contribution in [0.2, 0.25) is 5.02 Å². The largest absolute Gasteiger partial charge is 0.382 e. The predicted octanol–water partition coefficient (Wildman–Crippen LogP) is 3.03. The van der Waals surface area contributed by atoms with Crippen LogP contribution in [0.5, 0.6) is 0 Å². The van der Waals surface area contributed by atoms with Gasteiger partial charge in [-0.05, 0) is 43.9 Å².